The van der Waals surface area contributed by atoms with Crippen molar-refractivity contribution in [3.63, 3.8) is 0 Å². The summed E-state index contributed by atoms with van der Waals surface area (Å²) < 4.78 is 6.83. The fourth-order valence-corrected chi connectivity index (χ4v) is 9.51. The molecule has 0 radical (unpaired) electrons. The topological polar surface area (TPSA) is 29.5 Å². The Morgan fingerprint density at radius 2 is 1.93 bits per heavy atom. The first-order chi connectivity index (χ1) is 14.3. The lowest BCUT2D eigenvalue weighted by Crippen LogP contribution is -2.52. The van der Waals surface area contributed by atoms with E-state index in [2.05, 4.69) is 40.7 Å². The van der Waals surface area contributed by atoms with Gasteiger partial charge in [0, 0.05) is 6.42 Å². The van der Waals surface area contributed by atoms with Crippen LogP contribution in [0.15, 0.2) is 11.8 Å². The smallest absolute Gasteiger partial charge is 0.0886 e. The van der Waals surface area contributed by atoms with Gasteiger partial charge in [-0.3, -0.25) is 0 Å². The molecule has 1 N–H and O–H groups in total. The number of rotatable bonds is 4. The summed E-state index contributed by atoms with van der Waals surface area (Å²) in [6.45, 7) is 12.5. The molecule has 1 aliphatic heterocycles. The highest BCUT2D eigenvalue weighted by Crippen LogP contribution is 2.69. The lowest BCUT2D eigenvalue weighted by molar-refractivity contribution is -0.0990. The third-order valence-electron chi connectivity index (χ3n) is 11.5. The van der Waals surface area contributed by atoms with E-state index in [1.165, 1.54) is 57.8 Å². The summed E-state index contributed by atoms with van der Waals surface area (Å²) in [6.07, 6.45) is 16.1. The Bertz CT molecular complexity index is 684. The minimum absolute atomic E-state index is 0.416. The summed E-state index contributed by atoms with van der Waals surface area (Å²) in [4.78, 5) is 0. The zero-order chi connectivity index (χ0) is 21.3. The van der Waals surface area contributed by atoms with Gasteiger partial charge in [-0.1, -0.05) is 41.0 Å². The molecule has 170 valence electrons. The molecule has 2 heteroatoms. The summed E-state index contributed by atoms with van der Waals surface area (Å²) in [5.74, 6) is 6.22. The Hall–Kier alpha value is -0.500. The van der Waals surface area contributed by atoms with E-state index in [0.717, 1.165) is 41.9 Å². The maximum absolute atomic E-state index is 10.2. The highest BCUT2D eigenvalue weighted by Gasteiger charge is 2.65. The first-order valence-electron chi connectivity index (χ1n) is 13.3. The quantitative estimate of drug-likeness (QED) is 0.515. The van der Waals surface area contributed by atoms with Crippen LogP contribution in [0.3, 0.4) is 0 Å². The van der Waals surface area contributed by atoms with Crippen LogP contribution in [0.4, 0.5) is 0 Å². The minimum atomic E-state index is 0.416. The van der Waals surface area contributed by atoms with Crippen LogP contribution in [-0.2, 0) is 4.74 Å². The second kappa shape index (κ2) is 7.53. The maximum atomic E-state index is 10.2. The van der Waals surface area contributed by atoms with E-state index in [9.17, 15) is 5.11 Å². The van der Waals surface area contributed by atoms with Gasteiger partial charge in [0.1, 0.15) is 0 Å². The van der Waals surface area contributed by atoms with Crippen LogP contribution in [0, 0.1) is 52.3 Å². The predicted octanol–water partition coefficient (Wildman–Crippen LogP) is 7.54. The van der Waals surface area contributed by atoms with Gasteiger partial charge in [0.2, 0.25) is 0 Å². The van der Waals surface area contributed by atoms with Crippen molar-refractivity contribution in [3.8, 4) is 0 Å². The Balaban J connectivity index is 1.33. The third-order valence-corrected chi connectivity index (χ3v) is 11.5. The Labute approximate surface area is 185 Å². The minimum Gasteiger partial charge on any atom is -0.513 e. The normalized spacial score (nSPS) is 53.3. The van der Waals surface area contributed by atoms with E-state index in [1.807, 2.05) is 0 Å². The number of aliphatic hydroxyl groups excluding tert-OH is 1. The molecule has 0 bridgehead atoms. The number of fused-ring (bicyclic) bond motifs is 7. The van der Waals surface area contributed by atoms with Gasteiger partial charge in [0.05, 0.1) is 18.0 Å². The molecule has 30 heavy (non-hydrogen) atoms. The van der Waals surface area contributed by atoms with Crippen LogP contribution in [0.5, 0.6) is 0 Å². The molecule has 0 amide bonds. The molecule has 0 aromatic rings. The molecule has 1 saturated heterocycles. The molecule has 3 saturated carbocycles. The molecule has 11 unspecified atom stereocenters. The van der Waals surface area contributed by atoms with E-state index in [4.69, 9.17) is 4.74 Å². The van der Waals surface area contributed by atoms with E-state index >= 15 is 0 Å². The van der Waals surface area contributed by atoms with Gasteiger partial charge in [0.25, 0.3) is 0 Å². The maximum Gasteiger partial charge on any atom is 0.0886 e. The molecular formula is C28H46O2. The summed E-state index contributed by atoms with van der Waals surface area (Å²) in [5, 5.41) is 10.2. The molecule has 0 spiro atoms. The SMILES string of the molecule is CCC(C)CCC1OC2CC3C4CCC5C=C(O)CCC5(C)C4CCC3(C)C2C1C. The van der Waals surface area contributed by atoms with Gasteiger partial charge >= 0.3 is 0 Å². The van der Waals surface area contributed by atoms with Crippen LogP contribution in [0.2, 0.25) is 0 Å². The van der Waals surface area contributed by atoms with E-state index in [1.54, 1.807) is 0 Å². The predicted molar refractivity (Wildman–Crippen MR) is 123 cm³/mol. The van der Waals surface area contributed by atoms with Gasteiger partial charge in [-0.05, 0) is 110 Å². The standard InChI is InChI=1S/C28H46O2/c1-6-17(2)7-10-24-18(3)26-25(30-24)16-23-21-9-8-19-15-20(29)11-13-27(19,4)22(21)12-14-28(23,26)5/h15,17-19,21-26,29H,6-14,16H2,1-5H3. The largest absolute Gasteiger partial charge is 0.513 e. The van der Waals surface area contributed by atoms with Gasteiger partial charge in [0.15, 0.2) is 0 Å². The molecule has 11 atom stereocenters. The van der Waals surface area contributed by atoms with Crippen molar-refractivity contribution in [3.05, 3.63) is 11.8 Å². The van der Waals surface area contributed by atoms with Crippen LogP contribution < -0.4 is 0 Å². The fourth-order valence-electron chi connectivity index (χ4n) is 9.51. The van der Waals surface area contributed by atoms with Crippen LogP contribution in [-0.4, -0.2) is 17.3 Å². The van der Waals surface area contributed by atoms with Gasteiger partial charge < -0.3 is 9.84 Å². The highest BCUT2D eigenvalue weighted by atomic mass is 16.5. The van der Waals surface area contributed by atoms with Gasteiger partial charge in [-0.15, -0.1) is 0 Å². The second-order valence-corrected chi connectivity index (χ2v) is 12.7. The van der Waals surface area contributed by atoms with Crippen molar-refractivity contribution in [1.29, 1.82) is 0 Å². The van der Waals surface area contributed by atoms with Crippen molar-refractivity contribution in [2.75, 3.05) is 0 Å². The lowest BCUT2D eigenvalue weighted by atomic mass is 9.45. The van der Waals surface area contributed by atoms with Crippen LogP contribution in [0.25, 0.3) is 0 Å². The monoisotopic (exact) mass is 414 g/mol. The van der Waals surface area contributed by atoms with Gasteiger partial charge in [-0.25, -0.2) is 0 Å². The van der Waals surface area contributed by atoms with E-state index in [0.29, 0.717) is 34.7 Å². The number of hydrogen-bond donors (Lipinski definition) is 1. The Morgan fingerprint density at radius 3 is 2.70 bits per heavy atom. The molecule has 4 fully saturated rings. The summed E-state index contributed by atoms with van der Waals surface area (Å²) in [6, 6.07) is 0. The molecule has 1 heterocycles. The number of hydrogen-bond acceptors (Lipinski definition) is 2. The molecule has 0 aromatic heterocycles. The fraction of sp³-hybridized carbons (Fsp3) is 0.929. The average molecular weight is 415 g/mol. The van der Waals surface area contributed by atoms with Crippen molar-refractivity contribution >= 4 is 0 Å². The third kappa shape index (κ3) is 3.06. The lowest BCUT2D eigenvalue weighted by Gasteiger charge is -2.59. The number of allylic oxidation sites excluding steroid dienone is 2. The molecule has 5 rings (SSSR count). The van der Waals surface area contributed by atoms with Crippen molar-refractivity contribution in [1.82, 2.24) is 0 Å². The molecule has 2 nitrogen and oxygen atoms in total. The highest BCUT2D eigenvalue weighted by molar-refractivity contribution is 5.17. The van der Waals surface area contributed by atoms with E-state index in [-0.39, 0.29) is 0 Å². The van der Waals surface area contributed by atoms with Crippen molar-refractivity contribution in [2.45, 2.75) is 111 Å². The number of aliphatic hydroxyl groups is 1. The average Bonchev–Trinajstić information content (AvgIpc) is 3.20. The van der Waals surface area contributed by atoms with Crippen LogP contribution in [0.1, 0.15) is 98.8 Å². The first-order valence-corrected chi connectivity index (χ1v) is 13.3. The van der Waals surface area contributed by atoms with Crippen molar-refractivity contribution in [2.24, 2.45) is 52.3 Å². The molecular weight excluding hydrogens is 368 g/mol. The Morgan fingerprint density at radius 1 is 1.13 bits per heavy atom. The summed E-state index contributed by atoms with van der Waals surface area (Å²) >= 11 is 0. The Kier molecular flexibility index (Phi) is 5.36. The van der Waals surface area contributed by atoms with Gasteiger partial charge in [-0.2, -0.15) is 0 Å². The van der Waals surface area contributed by atoms with Crippen molar-refractivity contribution < 1.29 is 9.84 Å². The molecule has 5 aliphatic rings. The van der Waals surface area contributed by atoms with Crippen LogP contribution >= 0.6 is 0 Å². The summed E-state index contributed by atoms with van der Waals surface area (Å²) in [7, 11) is 0. The number of ether oxygens (including phenoxy) is 1. The molecule has 4 aliphatic carbocycles. The first kappa shape index (κ1) is 21.4. The molecule has 0 aromatic carbocycles. The summed E-state index contributed by atoms with van der Waals surface area (Å²) in [5.41, 5.74) is 0.908. The second-order valence-electron chi connectivity index (χ2n) is 12.7. The zero-order valence-corrected chi connectivity index (χ0v) is 20.2. The van der Waals surface area contributed by atoms with E-state index < -0.39 is 0 Å². The zero-order valence-electron chi connectivity index (χ0n) is 20.2.